The second-order valence-electron chi connectivity index (χ2n) is 3.56. The molecule has 0 bridgehead atoms. The number of hydrogen-bond donors (Lipinski definition) is 2. The van der Waals surface area contributed by atoms with Crippen molar-refractivity contribution in [1.29, 1.82) is 0 Å². The average molecular weight is 227 g/mol. The second kappa shape index (κ2) is 6.13. The van der Waals surface area contributed by atoms with Crippen molar-refractivity contribution in [2.75, 3.05) is 7.11 Å². The van der Waals surface area contributed by atoms with Gasteiger partial charge in [0.05, 0.1) is 0 Å². The van der Waals surface area contributed by atoms with Gasteiger partial charge in [-0.05, 0) is 13.3 Å². The van der Waals surface area contributed by atoms with Crippen LogP contribution in [-0.2, 0) is 14.3 Å². The van der Waals surface area contributed by atoms with Crippen molar-refractivity contribution in [3.8, 4) is 12.3 Å². The molecule has 0 saturated heterocycles. The monoisotopic (exact) mass is 227 g/mol. The highest BCUT2D eigenvalue weighted by molar-refractivity contribution is 5.89. The van der Waals surface area contributed by atoms with E-state index in [4.69, 9.17) is 16.3 Å². The molecule has 0 aliphatic carbocycles. The minimum Gasteiger partial charge on any atom is -0.480 e. The molecule has 16 heavy (non-hydrogen) atoms. The van der Waals surface area contributed by atoms with E-state index in [9.17, 15) is 9.59 Å². The molecule has 0 aromatic rings. The Morgan fingerprint density at radius 1 is 1.62 bits per heavy atom. The van der Waals surface area contributed by atoms with E-state index in [1.807, 2.05) is 0 Å². The molecule has 5 nitrogen and oxygen atoms in total. The minimum atomic E-state index is -1.15. The highest BCUT2D eigenvalue weighted by Gasteiger charge is 2.33. The minimum absolute atomic E-state index is 0.0510. The number of terminal acetylenes is 1. The summed E-state index contributed by atoms with van der Waals surface area (Å²) < 4.78 is 5.05. The van der Waals surface area contributed by atoms with Gasteiger partial charge < -0.3 is 15.2 Å². The Bertz CT molecular complexity index is 302. The SMILES string of the molecule is C#CCC(NC(=O)C(C)(CC)OC)C(=O)O. The van der Waals surface area contributed by atoms with Gasteiger partial charge in [0.2, 0.25) is 0 Å². The van der Waals surface area contributed by atoms with Crippen LogP contribution in [0.4, 0.5) is 0 Å². The summed E-state index contributed by atoms with van der Waals surface area (Å²) in [5, 5.41) is 11.2. The predicted molar refractivity (Wildman–Crippen MR) is 58.7 cm³/mol. The van der Waals surface area contributed by atoms with Crippen molar-refractivity contribution in [3.63, 3.8) is 0 Å². The van der Waals surface area contributed by atoms with Crippen LogP contribution in [0.15, 0.2) is 0 Å². The maximum atomic E-state index is 11.7. The maximum absolute atomic E-state index is 11.7. The molecule has 0 aromatic heterocycles. The van der Waals surface area contributed by atoms with E-state index in [1.54, 1.807) is 13.8 Å². The number of carbonyl (C=O) groups excluding carboxylic acids is 1. The normalized spacial score (nSPS) is 15.6. The van der Waals surface area contributed by atoms with E-state index in [1.165, 1.54) is 7.11 Å². The molecule has 0 aromatic carbocycles. The first kappa shape index (κ1) is 14.5. The zero-order valence-electron chi connectivity index (χ0n) is 9.74. The smallest absolute Gasteiger partial charge is 0.327 e. The number of rotatable bonds is 6. The lowest BCUT2D eigenvalue weighted by atomic mass is 10.0. The summed E-state index contributed by atoms with van der Waals surface area (Å²) in [6.07, 6.45) is 5.41. The van der Waals surface area contributed by atoms with Crippen LogP contribution in [0.25, 0.3) is 0 Å². The van der Waals surface area contributed by atoms with Gasteiger partial charge in [0.25, 0.3) is 5.91 Å². The van der Waals surface area contributed by atoms with E-state index in [0.29, 0.717) is 6.42 Å². The summed E-state index contributed by atoms with van der Waals surface area (Å²) in [5.74, 6) is 0.582. The molecule has 0 fully saturated rings. The van der Waals surface area contributed by atoms with Gasteiger partial charge in [-0.3, -0.25) is 4.79 Å². The number of carboxylic acid groups (broad SMARTS) is 1. The summed E-state index contributed by atoms with van der Waals surface area (Å²) >= 11 is 0. The first-order valence-corrected chi connectivity index (χ1v) is 4.93. The van der Waals surface area contributed by atoms with Crippen molar-refractivity contribution in [2.24, 2.45) is 0 Å². The lowest BCUT2D eigenvalue weighted by Crippen LogP contribution is -2.51. The number of amides is 1. The van der Waals surface area contributed by atoms with Gasteiger partial charge in [0, 0.05) is 13.5 Å². The number of hydrogen-bond acceptors (Lipinski definition) is 3. The van der Waals surface area contributed by atoms with Gasteiger partial charge in [-0.1, -0.05) is 6.92 Å². The Morgan fingerprint density at radius 2 is 2.19 bits per heavy atom. The summed E-state index contributed by atoms with van der Waals surface area (Å²) in [4.78, 5) is 22.5. The highest BCUT2D eigenvalue weighted by Crippen LogP contribution is 2.14. The summed E-state index contributed by atoms with van der Waals surface area (Å²) in [6, 6.07) is -1.07. The molecule has 5 heteroatoms. The van der Waals surface area contributed by atoms with Gasteiger partial charge in [-0.2, -0.15) is 0 Å². The standard InChI is InChI=1S/C11H17NO4/c1-5-7-8(9(13)14)12-10(15)11(3,6-2)16-4/h1,8H,6-7H2,2-4H3,(H,12,15)(H,13,14). The molecule has 0 saturated carbocycles. The van der Waals surface area contributed by atoms with E-state index >= 15 is 0 Å². The molecule has 2 N–H and O–H groups in total. The molecule has 1 amide bonds. The fraction of sp³-hybridized carbons (Fsp3) is 0.636. The topological polar surface area (TPSA) is 75.6 Å². The third-order valence-corrected chi connectivity index (χ3v) is 2.53. The van der Waals surface area contributed by atoms with Crippen molar-refractivity contribution in [3.05, 3.63) is 0 Å². The molecule has 0 heterocycles. The zero-order chi connectivity index (χ0) is 12.8. The number of carboxylic acids is 1. The van der Waals surface area contributed by atoms with Crippen LogP contribution in [0.1, 0.15) is 26.7 Å². The number of nitrogens with one attached hydrogen (secondary N) is 1. The predicted octanol–water partition coefficient (Wildman–Crippen LogP) is 0.394. The molecular weight excluding hydrogens is 210 g/mol. The summed E-state index contributed by atoms with van der Waals surface area (Å²) in [6.45, 7) is 3.37. The Kier molecular flexibility index (Phi) is 5.54. The molecule has 0 spiro atoms. The van der Waals surface area contributed by atoms with Crippen molar-refractivity contribution >= 4 is 11.9 Å². The van der Waals surface area contributed by atoms with Crippen molar-refractivity contribution < 1.29 is 19.4 Å². The molecular formula is C11H17NO4. The number of ether oxygens (including phenoxy) is 1. The molecule has 0 aliphatic heterocycles. The van der Waals surface area contributed by atoms with E-state index < -0.39 is 23.5 Å². The van der Waals surface area contributed by atoms with Crippen LogP contribution in [0, 0.1) is 12.3 Å². The quantitative estimate of drug-likeness (QED) is 0.644. The van der Waals surface area contributed by atoms with Crippen LogP contribution < -0.4 is 5.32 Å². The van der Waals surface area contributed by atoms with Gasteiger partial charge in [-0.15, -0.1) is 12.3 Å². The van der Waals surface area contributed by atoms with Crippen LogP contribution in [0.3, 0.4) is 0 Å². The third-order valence-electron chi connectivity index (χ3n) is 2.53. The lowest BCUT2D eigenvalue weighted by Gasteiger charge is -2.26. The lowest BCUT2D eigenvalue weighted by molar-refractivity contribution is -0.148. The Labute approximate surface area is 95.2 Å². The van der Waals surface area contributed by atoms with Crippen LogP contribution in [-0.4, -0.2) is 35.7 Å². The van der Waals surface area contributed by atoms with Gasteiger partial charge in [0.15, 0.2) is 0 Å². The van der Waals surface area contributed by atoms with Gasteiger partial charge in [0.1, 0.15) is 11.6 Å². The fourth-order valence-electron chi connectivity index (χ4n) is 1.03. The summed E-state index contributed by atoms with van der Waals surface area (Å²) in [7, 11) is 1.40. The van der Waals surface area contributed by atoms with E-state index in [0.717, 1.165) is 0 Å². The third kappa shape index (κ3) is 3.55. The average Bonchev–Trinajstić information content (AvgIpc) is 2.26. The number of aliphatic carboxylic acids is 1. The molecule has 0 aliphatic rings. The van der Waals surface area contributed by atoms with Crippen molar-refractivity contribution in [1.82, 2.24) is 5.32 Å². The van der Waals surface area contributed by atoms with Gasteiger partial charge in [-0.25, -0.2) is 4.79 Å². The van der Waals surface area contributed by atoms with Gasteiger partial charge >= 0.3 is 5.97 Å². The first-order valence-electron chi connectivity index (χ1n) is 4.93. The van der Waals surface area contributed by atoms with E-state index in [-0.39, 0.29) is 6.42 Å². The molecule has 0 rings (SSSR count). The first-order chi connectivity index (χ1) is 7.41. The Hall–Kier alpha value is -1.54. The Balaban J connectivity index is 4.64. The van der Waals surface area contributed by atoms with Crippen LogP contribution in [0.2, 0.25) is 0 Å². The van der Waals surface area contributed by atoms with Crippen LogP contribution in [0.5, 0.6) is 0 Å². The highest BCUT2D eigenvalue weighted by atomic mass is 16.5. The Morgan fingerprint density at radius 3 is 2.50 bits per heavy atom. The number of methoxy groups -OCH3 is 1. The van der Waals surface area contributed by atoms with Crippen molar-refractivity contribution in [2.45, 2.75) is 38.3 Å². The molecule has 90 valence electrons. The second-order valence-corrected chi connectivity index (χ2v) is 3.56. The largest absolute Gasteiger partial charge is 0.480 e. The molecule has 2 atom stereocenters. The van der Waals surface area contributed by atoms with E-state index in [2.05, 4.69) is 11.2 Å². The zero-order valence-corrected chi connectivity index (χ0v) is 9.74. The summed E-state index contributed by atoms with van der Waals surface area (Å²) in [5.41, 5.74) is -1.03. The number of carbonyl (C=O) groups is 2. The van der Waals surface area contributed by atoms with Crippen LogP contribution >= 0.6 is 0 Å². The molecule has 0 radical (unpaired) electrons. The maximum Gasteiger partial charge on any atom is 0.327 e. The fourth-order valence-corrected chi connectivity index (χ4v) is 1.03. The molecule has 2 unspecified atom stereocenters.